The van der Waals surface area contributed by atoms with Gasteiger partial charge in [-0.3, -0.25) is 0 Å². The highest BCUT2D eigenvalue weighted by Gasteiger charge is 2.34. The van der Waals surface area contributed by atoms with Crippen molar-refractivity contribution >= 4 is 0 Å². The lowest BCUT2D eigenvalue weighted by atomic mass is 9.76. The van der Waals surface area contributed by atoms with Crippen molar-refractivity contribution in [1.29, 1.82) is 0 Å². The van der Waals surface area contributed by atoms with Crippen LogP contribution in [0.25, 0.3) is 0 Å². The molecule has 1 aromatic carbocycles. The van der Waals surface area contributed by atoms with Gasteiger partial charge >= 0.3 is 0 Å². The lowest BCUT2D eigenvalue weighted by Gasteiger charge is -2.30. The molecule has 1 aromatic rings. The van der Waals surface area contributed by atoms with Gasteiger partial charge in [-0.1, -0.05) is 19.9 Å². The summed E-state index contributed by atoms with van der Waals surface area (Å²) in [6.45, 7) is 5.10. The van der Waals surface area contributed by atoms with Crippen LogP contribution in [-0.2, 0) is 6.42 Å². The van der Waals surface area contributed by atoms with Crippen molar-refractivity contribution in [1.82, 2.24) is 0 Å². The lowest BCUT2D eigenvalue weighted by molar-refractivity contribution is 0.294. The Morgan fingerprint density at radius 3 is 2.87 bits per heavy atom. The average Bonchev–Trinajstić information content (AvgIpc) is 2.61. The molecule has 1 aliphatic carbocycles. The minimum atomic E-state index is 0.124. The summed E-state index contributed by atoms with van der Waals surface area (Å²) in [5, 5.41) is 9.52. The first-order chi connectivity index (χ1) is 7.04. The number of aromatic hydroxyl groups is 1. The monoisotopic (exact) mass is 205 g/mol. The van der Waals surface area contributed by atoms with Gasteiger partial charge in [-0.05, 0) is 54.0 Å². The first-order valence-electron chi connectivity index (χ1n) is 5.56. The third-order valence-corrected chi connectivity index (χ3v) is 3.68. The molecule has 2 rings (SSSR count). The molecule has 82 valence electrons. The van der Waals surface area contributed by atoms with E-state index in [9.17, 15) is 5.11 Å². The van der Waals surface area contributed by atoms with Crippen molar-refractivity contribution in [2.24, 2.45) is 11.1 Å². The van der Waals surface area contributed by atoms with Crippen LogP contribution in [0.3, 0.4) is 0 Å². The molecule has 2 heteroatoms. The van der Waals surface area contributed by atoms with Crippen molar-refractivity contribution in [2.75, 3.05) is 6.54 Å². The Balaban J connectivity index is 2.39. The molecular weight excluding hydrogens is 186 g/mol. The fourth-order valence-electron chi connectivity index (χ4n) is 2.54. The van der Waals surface area contributed by atoms with E-state index < -0.39 is 0 Å². The second-order valence-electron chi connectivity index (χ2n) is 5.17. The predicted octanol–water partition coefficient (Wildman–Crippen LogP) is 2.41. The van der Waals surface area contributed by atoms with Gasteiger partial charge in [-0.15, -0.1) is 0 Å². The summed E-state index contributed by atoms with van der Waals surface area (Å²) in [5.74, 6) is 0.859. The molecule has 15 heavy (non-hydrogen) atoms. The molecule has 0 fully saturated rings. The van der Waals surface area contributed by atoms with E-state index in [4.69, 9.17) is 5.73 Å². The zero-order valence-corrected chi connectivity index (χ0v) is 9.46. The van der Waals surface area contributed by atoms with Gasteiger partial charge in [-0.2, -0.15) is 0 Å². The van der Waals surface area contributed by atoms with Crippen LogP contribution in [-0.4, -0.2) is 11.7 Å². The van der Waals surface area contributed by atoms with Crippen LogP contribution in [0.4, 0.5) is 0 Å². The number of phenols is 1. The molecule has 0 aliphatic heterocycles. The van der Waals surface area contributed by atoms with Gasteiger partial charge in [0.05, 0.1) is 0 Å². The Morgan fingerprint density at radius 1 is 1.47 bits per heavy atom. The Morgan fingerprint density at radius 2 is 2.20 bits per heavy atom. The lowest BCUT2D eigenvalue weighted by Crippen LogP contribution is -2.29. The Kier molecular flexibility index (Phi) is 2.47. The molecule has 0 amide bonds. The van der Waals surface area contributed by atoms with Gasteiger partial charge in [0.15, 0.2) is 0 Å². The summed E-state index contributed by atoms with van der Waals surface area (Å²) in [7, 11) is 0. The van der Waals surface area contributed by atoms with Gasteiger partial charge in [0.1, 0.15) is 5.75 Å². The highest BCUT2D eigenvalue weighted by atomic mass is 16.3. The molecule has 0 radical (unpaired) electrons. The van der Waals surface area contributed by atoms with E-state index in [1.54, 1.807) is 6.07 Å². The van der Waals surface area contributed by atoms with E-state index in [-0.39, 0.29) is 5.41 Å². The van der Waals surface area contributed by atoms with Crippen LogP contribution in [0, 0.1) is 5.41 Å². The van der Waals surface area contributed by atoms with Crippen LogP contribution in [0.15, 0.2) is 18.2 Å². The van der Waals surface area contributed by atoms with Crippen molar-refractivity contribution in [3.63, 3.8) is 0 Å². The zero-order chi connectivity index (χ0) is 11.1. The van der Waals surface area contributed by atoms with Gasteiger partial charge < -0.3 is 10.8 Å². The molecule has 0 heterocycles. The van der Waals surface area contributed by atoms with E-state index in [1.807, 2.05) is 12.1 Å². The van der Waals surface area contributed by atoms with E-state index in [2.05, 4.69) is 13.8 Å². The fourth-order valence-corrected chi connectivity index (χ4v) is 2.54. The second kappa shape index (κ2) is 3.53. The third kappa shape index (κ3) is 1.74. The average molecular weight is 205 g/mol. The molecule has 1 atom stereocenters. The number of benzene rings is 1. The topological polar surface area (TPSA) is 46.2 Å². The summed E-state index contributed by atoms with van der Waals surface area (Å²) in [5.41, 5.74) is 8.61. The van der Waals surface area contributed by atoms with Crippen LogP contribution in [0.5, 0.6) is 5.75 Å². The van der Waals surface area contributed by atoms with Gasteiger partial charge in [-0.25, -0.2) is 0 Å². The summed E-state index contributed by atoms with van der Waals surface area (Å²) < 4.78 is 0. The first kappa shape index (κ1) is 10.5. The predicted molar refractivity (Wildman–Crippen MR) is 62.0 cm³/mol. The fraction of sp³-hybridized carbons (Fsp3) is 0.538. The largest absolute Gasteiger partial charge is 0.508 e. The summed E-state index contributed by atoms with van der Waals surface area (Å²) in [6, 6.07) is 5.72. The van der Waals surface area contributed by atoms with E-state index in [0.717, 1.165) is 12.8 Å². The van der Waals surface area contributed by atoms with Crippen molar-refractivity contribution < 1.29 is 5.11 Å². The molecule has 3 N–H and O–H groups in total. The smallest absolute Gasteiger partial charge is 0.115 e. The van der Waals surface area contributed by atoms with E-state index in [0.29, 0.717) is 18.2 Å². The van der Waals surface area contributed by atoms with Crippen LogP contribution < -0.4 is 5.73 Å². The Labute approximate surface area is 91.1 Å². The summed E-state index contributed by atoms with van der Waals surface area (Å²) in [4.78, 5) is 0. The molecule has 0 saturated heterocycles. The van der Waals surface area contributed by atoms with E-state index in [1.165, 1.54) is 11.1 Å². The van der Waals surface area contributed by atoms with Gasteiger partial charge in [0, 0.05) is 0 Å². The number of phenolic OH excluding ortho intramolecular Hbond substituents is 1. The Hall–Kier alpha value is -1.02. The molecule has 0 saturated carbocycles. The third-order valence-electron chi connectivity index (χ3n) is 3.68. The maximum atomic E-state index is 9.52. The highest BCUT2D eigenvalue weighted by molar-refractivity contribution is 5.41. The molecule has 1 unspecified atom stereocenters. The van der Waals surface area contributed by atoms with Crippen molar-refractivity contribution in [2.45, 2.75) is 32.6 Å². The molecule has 0 bridgehead atoms. The number of aryl methyl sites for hydroxylation is 1. The normalized spacial score (nSPS) is 20.3. The quantitative estimate of drug-likeness (QED) is 0.778. The number of fused-ring (bicyclic) bond motifs is 1. The first-order valence-corrected chi connectivity index (χ1v) is 5.56. The zero-order valence-electron chi connectivity index (χ0n) is 9.46. The van der Waals surface area contributed by atoms with Crippen LogP contribution >= 0.6 is 0 Å². The molecule has 0 spiro atoms. The highest BCUT2D eigenvalue weighted by Crippen LogP contribution is 2.45. The van der Waals surface area contributed by atoms with Gasteiger partial charge in [0.2, 0.25) is 0 Å². The second-order valence-corrected chi connectivity index (χ2v) is 5.17. The maximum Gasteiger partial charge on any atom is 0.115 e. The molecule has 1 aliphatic rings. The number of rotatable bonds is 2. The van der Waals surface area contributed by atoms with Crippen molar-refractivity contribution in [3.8, 4) is 5.75 Å². The molecule has 2 nitrogen and oxygen atoms in total. The standard InChI is InChI=1S/C13H19NO/c1-13(2,8-14)12-6-4-9-3-5-10(15)7-11(9)12/h3,5,7,12,15H,4,6,8,14H2,1-2H3. The van der Waals surface area contributed by atoms with Crippen LogP contribution in [0.1, 0.15) is 37.3 Å². The Bertz CT molecular complexity index is 371. The number of hydrogen-bond donors (Lipinski definition) is 2. The molecule has 0 aromatic heterocycles. The number of nitrogens with two attached hydrogens (primary N) is 1. The minimum absolute atomic E-state index is 0.124. The van der Waals surface area contributed by atoms with Gasteiger partial charge in [0.25, 0.3) is 0 Å². The molecular formula is C13H19NO. The number of hydrogen-bond acceptors (Lipinski definition) is 2. The summed E-state index contributed by atoms with van der Waals surface area (Å²) >= 11 is 0. The van der Waals surface area contributed by atoms with Crippen LogP contribution in [0.2, 0.25) is 0 Å². The van der Waals surface area contributed by atoms with Crippen molar-refractivity contribution in [3.05, 3.63) is 29.3 Å². The summed E-state index contributed by atoms with van der Waals surface area (Å²) in [6.07, 6.45) is 2.27. The minimum Gasteiger partial charge on any atom is -0.508 e. The van der Waals surface area contributed by atoms with E-state index >= 15 is 0 Å². The SMILES string of the molecule is CC(C)(CN)C1CCc2ccc(O)cc21. The maximum absolute atomic E-state index is 9.52.